The smallest absolute Gasteiger partial charge is 0.315 e. The number of amides is 2. The second-order valence-electron chi connectivity index (χ2n) is 5.30. The van der Waals surface area contributed by atoms with Gasteiger partial charge in [-0.15, -0.1) is 10.2 Å². The molecule has 112 valence electrons. The van der Waals surface area contributed by atoms with Gasteiger partial charge in [0.05, 0.1) is 12.8 Å². The Bertz CT molecular complexity index is 605. The molecule has 1 aliphatic rings. The Morgan fingerprint density at radius 1 is 1.52 bits per heavy atom. The van der Waals surface area contributed by atoms with Crippen LogP contribution in [0.4, 0.5) is 4.79 Å². The Labute approximate surface area is 122 Å². The number of carbonyl (C=O) groups excluding carboxylic acids is 1. The van der Waals surface area contributed by atoms with Crippen molar-refractivity contribution in [3.63, 3.8) is 0 Å². The average Bonchev–Trinajstić information content (AvgIpc) is 3.13. The summed E-state index contributed by atoms with van der Waals surface area (Å²) in [5.41, 5.74) is 0. The van der Waals surface area contributed by atoms with Gasteiger partial charge in [0.2, 0.25) is 0 Å². The van der Waals surface area contributed by atoms with Gasteiger partial charge in [-0.25, -0.2) is 4.79 Å². The molecule has 0 aromatic carbocycles. The Hall–Kier alpha value is -2.31. The number of carbonyl (C=O) groups is 1. The highest BCUT2D eigenvalue weighted by molar-refractivity contribution is 5.74. The van der Waals surface area contributed by atoms with Gasteiger partial charge in [0.1, 0.15) is 11.6 Å². The maximum absolute atomic E-state index is 11.9. The summed E-state index contributed by atoms with van der Waals surface area (Å²) in [6, 6.07) is 3.54. The first-order valence-electron chi connectivity index (χ1n) is 7.20. The van der Waals surface area contributed by atoms with Gasteiger partial charge in [-0.3, -0.25) is 0 Å². The van der Waals surface area contributed by atoms with Crippen LogP contribution >= 0.6 is 0 Å². The summed E-state index contributed by atoms with van der Waals surface area (Å²) in [6.07, 6.45) is 4.37. The number of nitrogens with zero attached hydrogens (tertiary/aromatic N) is 3. The Balaban J connectivity index is 1.45. The number of hydrogen-bond donors (Lipinski definition) is 2. The molecule has 0 fully saturated rings. The van der Waals surface area contributed by atoms with Gasteiger partial charge < -0.3 is 19.6 Å². The van der Waals surface area contributed by atoms with Crippen molar-refractivity contribution in [1.82, 2.24) is 25.4 Å². The lowest BCUT2D eigenvalue weighted by Crippen LogP contribution is -2.41. The van der Waals surface area contributed by atoms with Crippen molar-refractivity contribution in [1.29, 1.82) is 0 Å². The molecule has 0 spiro atoms. The second kappa shape index (κ2) is 5.99. The van der Waals surface area contributed by atoms with E-state index in [1.54, 1.807) is 6.26 Å². The number of rotatable bonds is 5. The Morgan fingerprint density at radius 2 is 2.43 bits per heavy atom. The number of furan rings is 1. The van der Waals surface area contributed by atoms with E-state index in [1.807, 2.05) is 19.1 Å². The predicted molar refractivity (Wildman–Crippen MR) is 75.6 cm³/mol. The maximum Gasteiger partial charge on any atom is 0.315 e. The topological polar surface area (TPSA) is 85.0 Å². The molecule has 2 aromatic rings. The molecule has 1 atom stereocenters. The van der Waals surface area contributed by atoms with Crippen LogP contribution in [0.2, 0.25) is 0 Å². The standard InChI is InChI=1S/C14H19N5O2/c1-10(8-11-4-3-7-21-11)16-14(20)15-9-13-18-17-12-5-2-6-19(12)13/h3-4,7,10H,2,5-6,8-9H2,1H3,(H2,15,16,20)/t10-/m0/s1. The van der Waals surface area contributed by atoms with Crippen LogP contribution in [-0.2, 0) is 25.9 Å². The number of aromatic nitrogens is 3. The van der Waals surface area contributed by atoms with E-state index in [0.717, 1.165) is 36.8 Å². The number of fused-ring (bicyclic) bond motifs is 1. The Morgan fingerprint density at radius 3 is 3.24 bits per heavy atom. The van der Waals surface area contributed by atoms with E-state index in [4.69, 9.17) is 4.42 Å². The lowest BCUT2D eigenvalue weighted by Gasteiger charge is -2.13. The average molecular weight is 289 g/mol. The summed E-state index contributed by atoms with van der Waals surface area (Å²) in [7, 11) is 0. The zero-order chi connectivity index (χ0) is 14.7. The number of nitrogens with one attached hydrogen (secondary N) is 2. The fourth-order valence-electron chi connectivity index (χ4n) is 2.56. The number of urea groups is 1. The van der Waals surface area contributed by atoms with Gasteiger partial charge >= 0.3 is 6.03 Å². The monoisotopic (exact) mass is 289 g/mol. The molecular formula is C14H19N5O2. The molecule has 7 nitrogen and oxygen atoms in total. The van der Waals surface area contributed by atoms with E-state index in [2.05, 4.69) is 25.4 Å². The van der Waals surface area contributed by atoms with Crippen LogP contribution in [0.5, 0.6) is 0 Å². The zero-order valence-corrected chi connectivity index (χ0v) is 12.0. The highest BCUT2D eigenvalue weighted by Gasteiger charge is 2.17. The molecular weight excluding hydrogens is 270 g/mol. The first-order chi connectivity index (χ1) is 10.2. The molecule has 21 heavy (non-hydrogen) atoms. The molecule has 0 saturated carbocycles. The minimum Gasteiger partial charge on any atom is -0.469 e. The molecule has 0 saturated heterocycles. The fraction of sp³-hybridized carbons (Fsp3) is 0.500. The molecule has 0 bridgehead atoms. The van der Waals surface area contributed by atoms with Crippen LogP contribution in [0.15, 0.2) is 22.8 Å². The van der Waals surface area contributed by atoms with Crippen molar-refractivity contribution in [3.05, 3.63) is 35.8 Å². The largest absolute Gasteiger partial charge is 0.469 e. The minimum atomic E-state index is -0.204. The summed E-state index contributed by atoms with van der Waals surface area (Å²) >= 11 is 0. The molecule has 3 heterocycles. The molecule has 0 unspecified atom stereocenters. The SMILES string of the molecule is C[C@@H](Cc1ccco1)NC(=O)NCc1nnc2n1CCC2. The third kappa shape index (κ3) is 3.24. The lowest BCUT2D eigenvalue weighted by molar-refractivity contribution is 0.236. The van der Waals surface area contributed by atoms with E-state index in [0.29, 0.717) is 13.0 Å². The van der Waals surface area contributed by atoms with Crippen molar-refractivity contribution in [3.8, 4) is 0 Å². The van der Waals surface area contributed by atoms with Crippen molar-refractivity contribution in [2.24, 2.45) is 0 Å². The zero-order valence-electron chi connectivity index (χ0n) is 12.0. The van der Waals surface area contributed by atoms with Crippen molar-refractivity contribution < 1.29 is 9.21 Å². The third-order valence-electron chi connectivity index (χ3n) is 3.56. The lowest BCUT2D eigenvalue weighted by atomic mass is 10.2. The first-order valence-corrected chi connectivity index (χ1v) is 7.20. The minimum absolute atomic E-state index is 0.000245. The molecule has 1 aliphatic heterocycles. The van der Waals surface area contributed by atoms with E-state index >= 15 is 0 Å². The second-order valence-corrected chi connectivity index (χ2v) is 5.30. The summed E-state index contributed by atoms with van der Waals surface area (Å²) in [5.74, 6) is 2.69. The molecule has 2 amide bonds. The summed E-state index contributed by atoms with van der Waals surface area (Å²) in [5, 5.41) is 13.9. The number of hydrogen-bond acceptors (Lipinski definition) is 4. The van der Waals surface area contributed by atoms with E-state index in [1.165, 1.54) is 0 Å². The van der Waals surface area contributed by atoms with Gasteiger partial charge in [0.25, 0.3) is 0 Å². The summed E-state index contributed by atoms with van der Waals surface area (Å²) < 4.78 is 7.34. The quantitative estimate of drug-likeness (QED) is 0.867. The molecule has 7 heteroatoms. The maximum atomic E-state index is 11.9. The van der Waals surface area contributed by atoms with Gasteiger partial charge in [-0.1, -0.05) is 0 Å². The van der Waals surface area contributed by atoms with Gasteiger partial charge in [0.15, 0.2) is 5.82 Å². The summed E-state index contributed by atoms with van der Waals surface area (Å²) in [6.45, 7) is 3.28. The molecule has 0 aliphatic carbocycles. The van der Waals surface area contributed by atoms with Gasteiger partial charge in [-0.05, 0) is 25.5 Å². The molecule has 3 rings (SSSR count). The van der Waals surface area contributed by atoms with Crippen LogP contribution in [0, 0.1) is 0 Å². The van der Waals surface area contributed by atoms with E-state index < -0.39 is 0 Å². The molecule has 2 aromatic heterocycles. The van der Waals surface area contributed by atoms with Gasteiger partial charge in [0, 0.05) is 25.4 Å². The van der Waals surface area contributed by atoms with Crippen molar-refractivity contribution in [2.45, 2.75) is 45.3 Å². The van der Waals surface area contributed by atoms with E-state index in [-0.39, 0.29) is 12.1 Å². The van der Waals surface area contributed by atoms with Gasteiger partial charge in [-0.2, -0.15) is 0 Å². The summed E-state index contributed by atoms with van der Waals surface area (Å²) in [4.78, 5) is 11.9. The van der Waals surface area contributed by atoms with E-state index in [9.17, 15) is 4.79 Å². The molecule has 0 radical (unpaired) electrons. The van der Waals surface area contributed by atoms with Crippen LogP contribution in [-0.4, -0.2) is 26.8 Å². The third-order valence-corrected chi connectivity index (χ3v) is 3.56. The normalized spacial score (nSPS) is 14.7. The van der Waals surface area contributed by atoms with Crippen LogP contribution in [0.3, 0.4) is 0 Å². The molecule has 2 N–H and O–H groups in total. The Kier molecular flexibility index (Phi) is 3.89. The first kappa shape index (κ1) is 13.7. The van der Waals surface area contributed by atoms with Crippen LogP contribution < -0.4 is 10.6 Å². The predicted octanol–water partition coefficient (Wildman–Crippen LogP) is 1.25. The van der Waals surface area contributed by atoms with Crippen LogP contribution in [0.1, 0.15) is 30.8 Å². The van der Waals surface area contributed by atoms with Crippen molar-refractivity contribution in [2.75, 3.05) is 0 Å². The highest BCUT2D eigenvalue weighted by Crippen LogP contribution is 2.13. The highest BCUT2D eigenvalue weighted by atomic mass is 16.3. The number of aryl methyl sites for hydroxylation is 1. The van der Waals surface area contributed by atoms with Crippen molar-refractivity contribution >= 4 is 6.03 Å². The van der Waals surface area contributed by atoms with Crippen LogP contribution in [0.25, 0.3) is 0 Å². The fourth-order valence-corrected chi connectivity index (χ4v) is 2.56.